The van der Waals surface area contributed by atoms with E-state index < -0.39 is 0 Å². The van der Waals surface area contributed by atoms with Crippen molar-refractivity contribution in [2.45, 2.75) is 14.0 Å². The van der Waals surface area contributed by atoms with Crippen molar-refractivity contribution in [3.63, 3.8) is 0 Å². The summed E-state index contributed by atoms with van der Waals surface area (Å²) in [5.74, 6) is -0.335. The van der Waals surface area contributed by atoms with Crippen LogP contribution in [0.25, 0.3) is 0 Å². The maximum atomic E-state index is 12.2. The number of pyridine rings is 1. The molecule has 0 fully saturated rings. The lowest BCUT2D eigenvalue weighted by Crippen LogP contribution is -1.96. The topological polar surface area (TPSA) is 68.9 Å². The van der Waals surface area contributed by atoms with Crippen molar-refractivity contribution in [2.24, 2.45) is 5.73 Å². The van der Waals surface area contributed by atoms with Gasteiger partial charge in [0.2, 0.25) is 0 Å². The first kappa shape index (κ1) is 17.9. The molecule has 2 aromatic heterocycles. The summed E-state index contributed by atoms with van der Waals surface area (Å²) in [7, 11) is 0. The molecular formula is C11H12Cl2FN3OS. The Kier molecular flexibility index (Phi) is 8.42. The van der Waals surface area contributed by atoms with Crippen molar-refractivity contribution in [3.8, 4) is 0 Å². The van der Waals surface area contributed by atoms with Gasteiger partial charge in [0.1, 0.15) is 10.7 Å². The van der Waals surface area contributed by atoms with Crippen LogP contribution >= 0.6 is 34.5 Å². The number of carbonyl (C=O) groups is 1. The zero-order valence-corrected chi connectivity index (χ0v) is 11.3. The molecule has 2 N–H and O–H groups in total. The first-order chi connectivity index (χ1) is 8.56. The van der Waals surface area contributed by atoms with Gasteiger partial charge in [0.05, 0.1) is 6.20 Å². The monoisotopic (exact) mass is 323 g/mol. The smallest absolute Gasteiger partial charge is 0.185 e. The van der Waals surface area contributed by atoms with Crippen molar-refractivity contribution in [1.82, 2.24) is 9.97 Å². The number of thiazole rings is 1. The molecule has 19 heavy (non-hydrogen) atoms. The summed E-state index contributed by atoms with van der Waals surface area (Å²) in [5, 5.41) is 0.181. The number of halogens is 3. The van der Waals surface area contributed by atoms with Crippen LogP contribution in [-0.4, -0.2) is 16.3 Å². The second kappa shape index (κ2) is 8.92. The van der Waals surface area contributed by atoms with Gasteiger partial charge < -0.3 is 5.73 Å². The molecule has 0 atom stereocenters. The summed E-state index contributed by atoms with van der Waals surface area (Å²) in [6.07, 6.45) is 3.33. The van der Waals surface area contributed by atoms with E-state index in [1.165, 1.54) is 6.07 Å². The molecule has 0 bridgehead atoms. The molecule has 2 rings (SSSR count). The fourth-order valence-electron chi connectivity index (χ4n) is 0.928. The largest absolute Gasteiger partial charge is 0.326 e. The van der Waals surface area contributed by atoms with Gasteiger partial charge in [-0.25, -0.2) is 9.37 Å². The number of aromatic nitrogens is 2. The molecule has 0 aliphatic heterocycles. The third-order valence-electron chi connectivity index (χ3n) is 1.69. The van der Waals surface area contributed by atoms with E-state index in [1.54, 1.807) is 6.20 Å². The highest BCUT2D eigenvalue weighted by Gasteiger charge is 2.04. The first-order valence-electron chi connectivity index (χ1n) is 4.63. The maximum Gasteiger partial charge on any atom is 0.185 e. The molecular weight excluding hydrogens is 312 g/mol. The third-order valence-corrected chi connectivity index (χ3v) is 3.17. The van der Waals surface area contributed by atoms with Crippen molar-refractivity contribution in [2.75, 3.05) is 0 Å². The van der Waals surface area contributed by atoms with Gasteiger partial charge in [0.25, 0.3) is 0 Å². The number of nitrogens with zero attached hydrogens (tertiary/aromatic N) is 2. The Hall–Kier alpha value is -1.08. The minimum Gasteiger partial charge on any atom is -0.326 e. The van der Waals surface area contributed by atoms with E-state index in [0.717, 1.165) is 23.1 Å². The predicted octanol–water partition coefficient (Wildman–Crippen LogP) is 3.58. The van der Waals surface area contributed by atoms with Crippen molar-refractivity contribution < 1.29 is 9.18 Å². The normalized spacial score (nSPS) is 9.05. The Morgan fingerprint density at radius 3 is 2.42 bits per heavy atom. The summed E-state index contributed by atoms with van der Waals surface area (Å²) in [6, 6.07) is 1.37. The minimum atomic E-state index is -0.335. The maximum absolute atomic E-state index is 12.2. The quantitative estimate of drug-likeness (QED) is 0.857. The highest BCUT2D eigenvalue weighted by atomic mass is 35.5. The van der Waals surface area contributed by atoms with Crippen LogP contribution in [0.15, 0.2) is 18.5 Å². The van der Waals surface area contributed by atoms with Gasteiger partial charge in [-0.1, -0.05) is 42.0 Å². The highest BCUT2D eigenvalue weighted by Crippen LogP contribution is 2.24. The van der Waals surface area contributed by atoms with Gasteiger partial charge in [-0.05, 0) is 11.6 Å². The summed E-state index contributed by atoms with van der Waals surface area (Å²) >= 11 is 11.9. The van der Waals surface area contributed by atoms with E-state index in [-0.39, 0.29) is 18.4 Å². The van der Waals surface area contributed by atoms with Crippen molar-refractivity contribution in [1.29, 1.82) is 0 Å². The van der Waals surface area contributed by atoms with Crippen LogP contribution in [0.3, 0.4) is 0 Å². The van der Waals surface area contributed by atoms with Gasteiger partial charge >= 0.3 is 0 Å². The summed E-state index contributed by atoms with van der Waals surface area (Å²) in [5.41, 5.74) is 5.93. The second-order valence-electron chi connectivity index (χ2n) is 2.96. The zero-order chi connectivity index (χ0) is 13.5. The van der Waals surface area contributed by atoms with E-state index in [2.05, 4.69) is 9.97 Å². The van der Waals surface area contributed by atoms with Crippen LogP contribution in [0.4, 0.5) is 4.39 Å². The molecule has 0 radical (unpaired) electrons. The number of carbonyl (C=O) groups excluding carboxylic acids is 1. The van der Waals surface area contributed by atoms with E-state index in [9.17, 15) is 9.18 Å². The summed E-state index contributed by atoms with van der Waals surface area (Å²) in [4.78, 5) is 17.6. The standard InChI is InChI=1S/C6H7FN2.C4HCl2NOS.CH4/c7-6-1-5(2-8)3-9-4-6;5-3-2(1-8)9-4(6)7-3;/h1,3-4H,2,8H2;1H;1H4. The molecule has 0 spiro atoms. The molecule has 0 aromatic carbocycles. The molecule has 0 unspecified atom stereocenters. The molecule has 0 aliphatic rings. The molecule has 2 heterocycles. The van der Waals surface area contributed by atoms with Crippen LogP contribution in [0.1, 0.15) is 22.7 Å². The number of hydrogen-bond acceptors (Lipinski definition) is 5. The van der Waals surface area contributed by atoms with Gasteiger partial charge in [0.15, 0.2) is 15.9 Å². The Bertz CT molecular complexity index is 536. The van der Waals surface area contributed by atoms with E-state index in [0.29, 0.717) is 22.2 Å². The number of nitrogens with two attached hydrogens (primary N) is 1. The van der Waals surface area contributed by atoms with E-state index in [1.807, 2.05) is 0 Å². The molecule has 104 valence electrons. The SMILES string of the molecule is C.NCc1cncc(F)c1.O=Cc1sc(Cl)nc1Cl. The predicted molar refractivity (Wildman–Crippen MR) is 76.3 cm³/mol. The molecule has 0 saturated heterocycles. The Morgan fingerprint density at radius 2 is 2.11 bits per heavy atom. The minimum absolute atomic E-state index is 0. The third kappa shape index (κ3) is 6.07. The molecule has 2 aromatic rings. The fraction of sp³-hybridized carbons (Fsp3) is 0.182. The molecule has 0 amide bonds. The zero-order valence-electron chi connectivity index (χ0n) is 8.94. The lowest BCUT2D eigenvalue weighted by Gasteiger charge is -1.92. The molecule has 8 heteroatoms. The van der Waals surface area contributed by atoms with Crippen molar-refractivity contribution in [3.05, 3.63) is 44.3 Å². The number of hydrogen-bond donors (Lipinski definition) is 1. The fourth-order valence-corrected chi connectivity index (χ4v) is 2.10. The second-order valence-corrected chi connectivity index (χ2v) is 4.93. The lowest BCUT2D eigenvalue weighted by atomic mass is 10.3. The number of rotatable bonds is 2. The van der Waals surface area contributed by atoms with Crippen LogP contribution in [0.2, 0.25) is 9.62 Å². The Labute approximate surface area is 124 Å². The van der Waals surface area contributed by atoms with Crippen LogP contribution in [-0.2, 0) is 6.54 Å². The Morgan fingerprint density at radius 1 is 1.42 bits per heavy atom. The van der Waals surface area contributed by atoms with Crippen LogP contribution in [0.5, 0.6) is 0 Å². The summed E-state index contributed by atoms with van der Waals surface area (Å²) < 4.78 is 12.5. The van der Waals surface area contributed by atoms with Crippen molar-refractivity contribution >= 4 is 40.8 Å². The molecule has 0 saturated carbocycles. The average Bonchev–Trinajstić information content (AvgIpc) is 2.68. The van der Waals surface area contributed by atoms with Gasteiger partial charge in [-0.3, -0.25) is 9.78 Å². The summed E-state index contributed by atoms with van der Waals surface area (Å²) in [6.45, 7) is 0.338. The average molecular weight is 324 g/mol. The Balaban J connectivity index is 0.000000324. The number of aldehydes is 1. The van der Waals surface area contributed by atoms with Crippen LogP contribution in [0, 0.1) is 5.82 Å². The van der Waals surface area contributed by atoms with Gasteiger partial charge in [0, 0.05) is 12.7 Å². The van der Waals surface area contributed by atoms with Crippen LogP contribution < -0.4 is 5.73 Å². The van der Waals surface area contributed by atoms with Gasteiger partial charge in [-0.2, -0.15) is 0 Å². The first-order valence-corrected chi connectivity index (χ1v) is 6.20. The molecule has 0 aliphatic carbocycles. The highest BCUT2D eigenvalue weighted by molar-refractivity contribution is 7.17. The van der Waals surface area contributed by atoms with Gasteiger partial charge in [-0.15, -0.1) is 0 Å². The lowest BCUT2D eigenvalue weighted by molar-refractivity contribution is 0.112. The van der Waals surface area contributed by atoms with E-state index in [4.69, 9.17) is 28.9 Å². The molecule has 4 nitrogen and oxygen atoms in total. The van der Waals surface area contributed by atoms with E-state index >= 15 is 0 Å².